The van der Waals surface area contributed by atoms with Gasteiger partial charge < -0.3 is 10.5 Å². The van der Waals surface area contributed by atoms with Crippen LogP contribution in [0.3, 0.4) is 0 Å². The minimum absolute atomic E-state index is 0.208. The number of amides is 1. The lowest BCUT2D eigenvalue weighted by Gasteiger charge is -2.12. The first-order valence-electron chi connectivity index (χ1n) is 5.86. The van der Waals surface area contributed by atoms with Gasteiger partial charge in [-0.25, -0.2) is 0 Å². The average Bonchev–Trinajstić information content (AvgIpc) is 2.79. The van der Waals surface area contributed by atoms with Crippen LogP contribution in [0.1, 0.15) is 28.9 Å². The monoisotopic (exact) mass is 239 g/mol. The maximum Gasteiger partial charge on any atom is 0.251 e. The van der Waals surface area contributed by atoms with Gasteiger partial charge in [0.1, 0.15) is 6.10 Å². The Labute approximate surface area is 105 Å². The molecule has 90 valence electrons. The fourth-order valence-electron chi connectivity index (χ4n) is 2.38. The summed E-state index contributed by atoms with van der Waals surface area (Å²) in [4.78, 5) is 11.4. The molecule has 0 fully saturated rings. The molecule has 2 aromatic rings. The average molecular weight is 239 g/mol. The van der Waals surface area contributed by atoms with Crippen LogP contribution in [0.5, 0.6) is 0 Å². The lowest BCUT2D eigenvalue weighted by molar-refractivity contribution is -0.130. The maximum absolute atomic E-state index is 11.4. The van der Waals surface area contributed by atoms with E-state index in [-0.39, 0.29) is 6.10 Å². The molecule has 2 atom stereocenters. The van der Waals surface area contributed by atoms with Crippen LogP contribution in [-0.2, 0) is 9.53 Å². The van der Waals surface area contributed by atoms with Crippen molar-refractivity contribution in [2.24, 2.45) is 5.73 Å². The van der Waals surface area contributed by atoms with Gasteiger partial charge in [0.15, 0.2) is 6.10 Å². The normalized spacial score (nSPS) is 21.6. The van der Waals surface area contributed by atoms with Crippen molar-refractivity contribution < 1.29 is 9.53 Å². The van der Waals surface area contributed by atoms with Gasteiger partial charge in [0.2, 0.25) is 0 Å². The van der Waals surface area contributed by atoms with E-state index in [0.29, 0.717) is 0 Å². The Kier molecular flexibility index (Phi) is 2.61. The Morgan fingerprint density at radius 2 is 1.56 bits per heavy atom. The number of nitrogens with two attached hydrogens (primary N) is 1. The van der Waals surface area contributed by atoms with Gasteiger partial charge in [-0.2, -0.15) is 0 Å². The number of benzene rings is 2. The molecule has 1 amide bonds. The van der Waals surface area contributed by atoms with Crippen LogP contribution in [0.25, 0.3) is 0 Å². The Hall–Kier alpha value is -2.13. The summed E-state index contributed by atoms with van der Waals surface area (Å²) in [6, 6.07) is 17.6. The summed E-state index contributed by atoms with van der Waals surface area (Å²) in [5, 5.41) is 0. The summed E-state index contributed by atoms with van der Waals surface area (Å²) in [6.45, 7) is 0. The molecule has 1 aliphatic rings. The molecule has 0 radical (unpaired) electrons. The highest BCUT2D eigenvalue weighted by Crippen LogP contribution is 2.42. The van der Waals surface area contributed by atoms with Crippen LogP contribution in [0.2, 0.25) is 0 Å². The zero-order valence-electron chi connectivity index (χ0n) is 9.74. The fourth-order valence-corrected chi connectivity index (χ4v) is 2.38. The number of primary amides is 1. The Balaban J connectivity index is 2.08. The number of fused-ring (bicyclic) bond motifs is 1. The van der Waals surface area contributed by atoms with Crippen molar-refractivity contribution in [2.45, 2.75) is 12.2 Å². The molecule has 2 unspecified atom stereocenters. The highest BCUT2D eigenvalue weighted by molar-refractivity contribution is 5.81. The van der Waals surface area contributed by atoms with Crippen molar-refractivity contribution in [3.05, 3.63) is 71.3 Å². The molecule has 3 nitrogen and oxygen atoms in total. The minimum atomic E-state index is -0.647. The van der Waals surface area contributed by atoms with Crippen LogP contribution in [0, 0.1) is 0 Å². The van der Waals surface area contributed by atoms with Crippen molar-refractivity contribution in [1.29, 1.82) is 0 Å². The SMILES string of the molecule is NC(=O)C1OC(c2ccccc2)c2ccccc21. The van der Waals surface area contributed by atoms with E-state index in [4.69, 9.17) is 10.5 Å². The second-order valence-electron chi connectivity index (χ2n) is 4.34. The molecule has 0 bridgehead atoms. The first kappa shape index (κ1) is 11.0. The third-order valence-corrected chi connectivity index (χ3v) is 3.19. The Morgan fingerprint density at radius 1 is 0.944 bits per heavy atom. The number of hydrogen-bond acceptors (Lipinski definition) is 2. The maximum atomic E-state index is 11.4. The molecule has 0 aliphatic carbocycles. The van der Waals surface area contributed by atoms with E-state index in [2.05, 4.69) is 0 Å². The minimum Gasteiger partial charge on any atom is -0.367 e. The molecule has 3 heteroatoms. The van der Waals surface area contributed by atoms with Crippen LogP contribution >= 0.6 is 0 Å². The summed E-state index contributed by atoms with van der Waals surface area (Å²) in [7, 11) is 0. The van der Waals surface area contributed by atoms with Gasteiger partial charge in [0, 0.05) is 0 Å². The van der Waals surface area contributed by atoms with Crippen LogP contribution < -0.4 is 5.73 Å². The van der Waals surface area contributed by atoms with Crippen LogP contribution in [0.15, 0.2) is 54.6 Å². The number of hydrogen-bond donors (Lipinski definition) is 1. The first-order chi connectivity index (χ1) is 8.77. The highest BCUT2D eigenvalue weighted by Gasteiger charge is 2.35. The van der Waals surface area contributed by atoms with Crippen molar-refractivity contribution in [3.8, 4) is 0 Å². The molecule has 2 aromatic carbocycles. The molecule has 0 spiro atoms. The van der Waals surface area contributed by atoms with E-state index in [9.17, 15) is 4.79 Å². The summed E-state index contributed by atoms with van der Waals surface area (Å²) in [5.41, 5.74) is 8.32. The summed E-state index contributed by atoms with van der Waals surface area (Å²) < 4.78 is 5.80. The molecule has 1 aliphatic heterocycles. The molecule has 0 aromatic heterocycles. The van der Waals surface area contributed by atoms with Crippen molar-refractivity contribution in [1.82, 2.24) is 0 Å². The van der Waals surface area contributed by atoms with E-state index < -0.39 is 12.0 Å². The molecule has 0 saturated carbocycles. The molecular weight excluding hydrogens is 226 g/mol. The van der Waals surface area contributed by atoms with Gasteiger partial charge in [-0.1, -0.05) is 54.6 Å². The van der Waals surface area contributed by atoms with Crippen LogP contribution in [-0.4, -0.2) is 5.91 Å². The second-order valence-corrected chi connectivity index (χ2v) is 4.34. The first-order valence-corrected chi connectivity index (χ1v) is 5.86. The van der Waals surface area contributed by atoms with Gasteiger partial charge in [-0.3, -0.25) is 4.79 Å². The molecule has 0 saturated heterocycles. The fraction of sp³-hybridized carbons (Fsp3) is 0.133. The molecule has 3 rings (SSSR count). The molecule has 18 heavy (non-hydrogen) atoms. The van der Waals surface area contributed by atoms with Gasteiger partial charge >= 0.3 is 0 Å². The lowest BCUT2D eigenvalue weighted by Crippen LogP contribution is -2.21. The zero-order chi connectivity index (χ0) is 12.5. The quantitative estimate of drug-likeness (QED) is 0.874. The summed E-state index contributed by atoms with van der Waals surface area (Å²) in [5.74, 6) is -0.444. The standard InChI is InChI=1S/C15H13NO2/c16-15(17)14-12-9-5-4-8-11(12)13(18-14)10-6-2-1-3-7-10/h1-9,13-14H,(H2,16,17). The van der Waals surface area contributed by atoms with Gasteiger partial charge in [0.05, 0.1) is 0 Å². The second kappa shape index (κ2) is 4.27. The van der Waals surface area contributed by atoms with Crippen molar-refractivity contribution in [2.75, 3.05) is 0 Å². The predicted molar refractivity (Wildman–Crippen MR) is 67.7 cm³/mol. The lowest BCUT2D eigenvalue weighted by atomic mass is 9.97. The number of rotatable bonds is 2. The molecule has 1 heterocycles. The number of carbonyl (C=O) groups excluding carboxylic acids is 1. The molecular formula is C15H13NO2. The highest BCUT2D eigenvalue weighted by atomic mass is 16.5. The molecule has 2 N–H and O–H groups in total. The Bertz CT molecular complexity index is 580. The van der Waals surface area contributed by atoms with Crippen molar-refractivity contribution >= 4 is 5.91 Å². The summed E-state index contributed by atoms with van der Waals surface area (Å²) in [6.07, 6.45) is -0.855. The zero-order valence-corrected chi connectivity index (χ0v) is 9.74. The van der Waals surface area contributed by atoms with Gasteiger partial charge in [0.25, 0.3) is 5.91 Å². The third kappa shape index (κ3) is 1.69. The Morgan fingerprint density at radius 3 is 2.22 bits per heavy atom. The number of carbonyl (C=O) groups is 1. The topological polar surface area (TPSA) is 52.3 Å². The third-order valence-electron chi connectivity index (χ3n) is 3.19. The van der Waals surface area contributed by atoms with Gasteiger partial charge in [-0.05, 0) is 16.7 Å². The van der Waals surface area contributed by atoms with E-state index in [1.54, 1.807) is 0 Å². The summed E-state index contributed by atoms with van der Waals surface area (Å²) >= 11 is 0. The number of ether oxygens (including phenoxy) is 1. The van der Waals surface area contributed by atoms with Gasteiger partial charge in [-0.15, -0.1) is 0 Å². The van der Waals surface area contributed by atoms with Crippen molar-refractivity contribution in [3.63, 3.8) is 0 Å². The predicted octanol–water partition coefficient (Wildman–Crippen LogP) is 2.33. The van der Waals surface area contributed by atoms with E-state index in [1.807, 2.05) is 54.6 Å². The van der Waals surface area contributed by atoms with E-state index in [1.165, 1.54) is 0 Å². The smallest absolute Gasteiger partial charge is 0.251 e. The largest absolute Gasteiger partial charge is 0.367 e. The van der Waals surface area contributed by atoms with E-state index in [0.717, 1.165) is 16.7 Å². The van der Waals surface area contributed by atoms with E-state index >= 15 is 0 Å². The van der Waals surface area contributed by atoms with Crippen LogP contribution in [0.4, 0.5) is 0 Å².